The smallest absolute Gasteiger partial charge is 0.227 e. The van der Waals surface area contributed by atoms with Crippen LogP contribution >= 0.6 is 0 Å². The van der Waals surface area contributed by atoms with Crippen molar-refractivity contribution >= 4 is 39.2 Å². The van der Waals surface area contributed by atoms with Gasteiger partial charge in [-0.15, -0.1) is 0 Å². The van der Waals surface area contributed by atoms with Gasteiger partial charge in [0.15, 0.2) is 5.58 Å². The first-order valence-corrected chi connectivity index (χ1v) is 15.8. The third-order valence-corrected chi connectivity index (χ3v) is 8.56. The maximum absolute atomic E-state index is 6.03. The molecule has 0 unspecified atom stereocenters. The fourth-order valence-electron chi connectivity index (χ4n) is 6.47. The predicted octanol–water partition coefficient (Wildman–Crippen LogP) is 11.2. The monoisotopic (exact) mass is 608 g/mol. The molecule has 0 saturated carbocycles. The normalized spacial score (nSPS) is 11.3. The van der Waals surface area contributed by atoms with E-state index < -0.39 is 0 Å². The van der Waals surface area contributed by atoms with Crippen molar-refractivity contribution in [2.75, 3.05) is 4.90 Å². The number of hydrogen-bond donors (Lipinski definition) is 0. The summed E-state index contributed by atoms with van der Waals surface area (Å²) >= 11 is 0. The topological polar surface area (TPSA) is 55.1 Å². The van der Waals surface area contributed by atoms with E-state index >= 15 is 0 Å². The van der Waals surface area contributed by atoms with Crippen LogP contribution in [-0.2, 0) is 0 Å². The molecule has 0 aliphatic carbocycles. The highest BCUT2D eigenvalue weighted by Gasteiger charge is 2.19. The van der Waals surface area contributed by atoms with Crippen LogP contribution in [0.25, 0.3) is 56.1 Å². The van der Waals surface area contributed by atoms with Crippen LogP contribution in [0.5, 0.6) is 0 Å². The second-order valence-electron chi connectivity index (χ2n) is 11.9. The molecule has 2 aromatic heterocycles. The van der Waals surface area contributed by atoms with Gasteiger partial charge < -0.3 is 9.32 Å². The van der Waals surface area contributed by atoms with Crippen LogP contribution in [0.2, 0.25) is 0 Å². The molecule has 2 heterocycles. The molecule has 0 fully saturated rings. The summed E-state index contributed by atoms with van der Waals surface area (Å²) in [5, 5.41) is 0. The van der Waals surface area contributed by atoms with Crippen LogP contribution in [0.3, 0.4) is 0 Å². The molecule has 47 heavy (non-hydrogen) atoms. The molecule has 6 aromatic carbocycles. The molecule has 0 N–H and O–H groups in total. The van der Waals surface area contributed by atoms with E-state index in [1.54, 1.807) is 0 Å². The van der Waals surface area contributed by atoms with E-state index in [1.807, 2.05) is 54.6 Å². The van der Waals surface area contributed by atoms with Gasteiger partial charge in [-0.05, 0) is 105 Å². The van der Waals surface area contributed by atoms with E-state index in [0.29, 0.717) is 5.89 Å². The number of para-hydroxylation sites is 5. The number of nitrogens with zero attached hydrogens (tertiary/aromatic N) is 4. The Morgan fingerprint density at radius 2 is 0.979 bits per heavy atom. The Morgan fingerprint density at radius 3 is 1.60 bits per heavy atom. The highest BCUT2D eigenvalue weighted by molar-refractivity contribution is 5.89. The molecule has 226 valence electrons. The first-order valence-electron chi connectivity index (χ1n) is 15.8. The van der Waals surface area contributed by atoms with Crippen molar-refractivity contribution in [2.45, 2.75) is 20.8 Å². The zero-order valence-corrected chi connectivity index (χ0v) is 26.5. The minimum atomic E-state index is 0.611. The van der Waals surface area contributed by atoms with Gasteiger partial charge in [0.1, 0.15) is 5.52 Å². The Hall–Kier alpha value is -6.07. The molecule has 0 saturated heterocycles. The van der Waals surface area contributed by atoms with E-state index in [2.05, 4.69) is 116 Å². The fourth-order valence-corrected chi connectivity index (χ4v) is 6.47. The number of rotatable bonds is 6. The maximum Gasteiger partial charge on any atom is 0.227 e. The van der Waals surface area contributed by atoms with Crippen LogP contribution in [0.4, 0.5) is 17.1 Å². The van der Waals surface area contributed by atoms with E-state index in [0.717, 1.165) is 67.3 Å². The molecule has 5 heteroatoms. The van der Waals surface area contributed by atoms with Crippen molar-refractivity contribution in [1.82, 2.24) is 15.0 Å². The number of fused-ring (bicyclic) bond motifs is 2. The lowest BCUT2D eigenvalue weighted by molar-refractivity contribution is 0.620. The van der Waals surface area contributed by atoms with Gasteiger partial charge in [0, 0.05) is 33.8 Å². The molecule has 0 atom stereocenters. The highest BCUT2D eigenvalue weighted by Crippen LogP contribution is 2.39. The molecule has 5 nitrogen and oxygen atoms in total. The van der Waals surface area contributed by atoms with E-state index in [4.69, 9.17) is 14.4 Å². The molecule has 0 aliphatic rings. The standard InChI is InChI=1S/C42H32N4O/c1-27-25-28(2)39(29(3)26-27)41-40(43-35-13-7-8-14-36(35)44-41)30-17-21-33(22-18-30)46(32-11-5-4-6-12-32)34-23-19-31(20-24-34)42-45-37-15-9-10-16-38(37)47-42/h4-26H,1-3H3. The number of benzene rings is 6. The van der Waals surface area contributed by atoms with Gasteiger partial charge in [-0.1, -0.05) is 72.3 Å². The molecular weight excluding hydrogens is 576 g/mol. The van der Waals surface area contributed by atoms with E-state index in [1.165, 1.54) is 16.7 Å². The second-order valence-corrected chi connectivity index (χ2v) is 11.9. The third kappa shape index (κ3) is 5.32. The summed E-state index contributed by atoms with van der Waals surface area (Å²) in [4.78, 5) is 17.3. The summed E-state index contributed by atoms with van der Waals surface area (Å²) in [6, 6.07) is 47.8. The average molecular weight is 609 g/mol. The SMILES string of the molecule is Cc1cc(C)c(-c2nc3ccccc3nc2-c2ccc(N(c3ccccc3)c3ccc(-c4nc5ccccc5o4)cc3)cc2)c(C)c1. The molecule has 0 spiro atoms. The Morgan fingerprint density at radius 1 is 0.468 bits per heavy atom. The number of aromatic nitrogens is 3. The number of anilines is 3. The molecular formula is C42H32N4O. The number of hydrogen-bond acceptors (Lipinski definition) is 5. The number of oxazole rings is 1. The van der Waals surface area contributed by atoms with Crippen LogP contribution in [0.15, 0.2) is 144 Å². The fraction of sp³-hybridized carbons (Fsp3) is 0.0714. The third-order valence-electron chi connectivity index (χ3n) is 8.56. The summed E-state index contributed by atoms with van der Waals surface area (Å²) in [5.74, 6) is 0.611. The van der Waals surface area contributed by atoms with Gasteiger partial charge in [-0.3, -0.25) is 0 Å². The predicted molar refractivity (Wildman–Crippen MR) is 192 cm³/mol. The molecule has 0 amide bonds. The molecule has 8 rings (SSSR count). The van der Waals surface area contributed by atoms with Crippen molar-refractivity contribution in [3.8, 4) is 34.0 Å². The van der Waals surface area contributed by atoms with Crippen molar-refractivity contribution in [2.24, 2.45) is 0 Å². The summed E-state index contributed by atoms with van der Waals surface area (Å²) in [5.41, 5.74) is 15.0. The highest BCUT2D eigenvalue weighted by atomic mass is 16.3. The van der Waals surface area contributed by atoms with Crippen LogP contribution in [0.1, 0.15) is 16.7 Å². The minimum absolute atomic E-state index is 0.611. The first kappa shape index (κ1) is 28.4. The van der Waals surface area contributed by atoms with Crippen LogP contribution in [-0.4, -0.2) is 15.0 Å². The van der Waals surface area contributed by atoms with Gasteiger partial charge >= 0.3 is 0 Å². The Kier molecular flexibility index (Phi) is 7.07. The lowest BCUT2D eigenvalue weighted by atomic mass is 9.94. The van der Waals surface area contributed by atoms with E-state index in [9.17, 15) is 0 Å². The molecule has 0 aliphatic heterocycles. The first-order chi connectivity index (χ1) is 23.0. The van der Waals surface area contributed by atoms with Crippen LogP contribution < -0.4 is 4.90 Å². The Bertz CT molecular complexity index is 2320. The maximum atomic E-state index is 6.03. The van der Waals surface area contributed by atoms with Crippen molar-refractivity contribution in [3.05, 3.63) is 156 Å². The lowest BCUT2D eigenvalue weighted by Crippen LogP contribution is -2.09. The summed E-state index contributed by atoms with van der Waals surface area (Å²) in [6.07, 6.45) is 0. The van der Waals surface area contributed by atoms with Crippen LogP contribution in [0, 0.1) is 20.8 Å². The molecule has 0 bridgehead atoms. The lowest BCUT2D eigenvalue weighted by Gasteiger charge is -2.26. The zero-order valence-electron chi connectivity index (χ0n) is 26.5. The number of aryl methyl sites for hydroxylation is 3. The van der Waals surface area contributed by atoms with Gasteiger partial charge in [0.25, 0.3) is 0 Å². The van der Waals surface area contributed by atoms with Gasteiger partial charge in [-0.2, -0.15) is 0 Å². The second kappa shape index (κ2) is 11.7. The summed E-state index contributed by atoms with van der Waals surface area (Å²) < 4.78 is 6.03. The summed E-state index contributed by atoms with van der Waals surface area (Å²) in [6.45, 7) is 6.45. The zero-order chi connectivity index (χ0) is 31.9. The van der Waals surface area contributed by atoms with E-state index in [-0.39, 0.29) is 0 Å². The van der Waals surface area contributed by atoms with Crippen molar-refractivity contribution in [3.63, 3.8) is 0 Å². The van der Waals surface area contributed by atoms with Crippen molar-refractivity contribution in [1.29, 1.82) is 0 Å². The van der Waals surface area contributed by atoms with Gasteiger partial charge in [0.2, 0.25) is 5.89 Å². The largest absolute Gasteiger partial charge is 0.436 e. The quantitative estimate of drug-likeness (QED) is 0.188. The average Bonchev–Trinajstić information content (AvgIpc) is 3.53. The Labute approximate surface area is 273 Å². The van der Waals surface area contributed by atoms with Crippen molar-refractivity contribution < 1.29 is 4.42 Å². The molecule has 0 radical (unpaired) electrons. The van der Waals surface area contributed by atoms with Gasteiger partial charge in [0.05, 0.1) is 22.4 Å². The minimum Gasteiger partial charge on any atom is -0.436 e. The summed E-state index contributed by atoms with van der Waals surface area (Å²) in [7, 11) is 0. The Balaban J connectivity index is 1.21. The molecule has 8 aromatic rings. The van der Waals surface area contributed by atoms with Gasteiger partial charge in [-0.25, -0.2) is 15.0 Å².